The lowest BCUT2D eigenvalue weighted by Crippen LogP contribution is -2.16. The Morgan fingerprint density at radius 2 is 2.23 bits per heavy atom. The zero-order valence-corrected chi connectivity index (χ0v) is 7.07. The molecule has 1 aromatic carbocycles. The van der Waals surface area contributed by atoms with Crippen LogP contribution in [0.2, 0.25) is 0 Å². The van der Waals surface area contributed by atoms with Crippen LogP contribution in [0.4, 0.5) is 5.69 Å². The van der Waals surface area contributed by atoms with Gasteiger partial charge >= 0.3 is 0 Å². The topological polar surface area (TPSA) is 96.1 Å². The van der Waals surface area contributed by atoms with Crippen molar-refractivity contribution >= 4 is 5.69 Å². The molecule has 0 radical (unpaired) electrons. The number of rotatable bonds is 2. The van der Waals surface area contributed by atoms with Gasteiger partial charge < -0.3 is 16.6 Å². The van der Waals surface area contributed by atoms with Gasteiger partial charge in [-0.15, -0.1) is 0 Å². The van der Waals surface area contributed by atoms with Crippen LogP contribution in [0, 0.1) is 11.3 Å². The van der Waals surface area contributed by atoms with Crippen molar-refractivity contribution in [1.82, 2.24) is 0 Å². The van der Waals surface area contributed by atoms with Crippen LogP contribution in [0.3, 0.4) is 0 Å². The Morgan fingerprint density at radius 3 is 2.77 bits per heavy atom. The molecular formula is C9H11N3O. The van der Waals surface area contributed by atoms with Crippen LogP contribution >= 0.6 is 0 Å². The molecule has 0 aliphatic heterocycles. The highest BCUT2D eigenvalue weighted by Gasteiger charge is 2.09. The number of aliphatic hydroxyl groups excluding tert-OH is 1. The second kappa shape index (κ2) is 3.90. The fraction of sp³-hybridized carbons (Fsp3) is 0.222. The number of nitriles is 1. The SMILES string of the molecule is N#Cc1ccc(N)cc1[C@@H](N)CO. The maximum Gasteiger partial charge on any atom is 0.0995 e. The summed E-state index contributed by atoms with van der Waals surface area (Å²) in [6, 6.07) is 6.29. The van der Waals surface area contributed by atoms with Crippen LogP contribution in [0.15, 0.2) is 18.2 Å². The van der Waals surface area contributed by atoms with Crippen molar-refractivity contribution in [2.75, 3.05) is 12.3 Å². The summed E-state index contributed by atoms with van der Waals surface area (Å²) in [6.07, 6.45) is 0. The van der Waals surface area contributed by atoms with E-state index in [1.165, 1.54) is 0 Å². The van der Waals surface area contributed by atoms with Crippen molar-refractivity contribution in [3.05, 3.63) is 29.3 Å². The fourth-order valence-electron chi connectivity index (χ4n) is 1.09. The third-order valence-electron chi connectivity index (χ3n) is 1.79. The third kappa shape index (κ3) is 1.96. The molecule has 68 valence electrons. The van der Waals surface area contributed by atoms with E-state index in [-0.39, 0.29) is 6.61 Å². The van der Waals surface area contributed by atoms with E-state index in [0.717, 1.165) is 0 Å². The molecule has 4 heteroatoms. The van der Waals surface area contributed by atoms with E-state index < -0.39 is 6.04 Å². The van der Waals surface area contributed by atoms with Crippen LogP contribution in [0.25, 0.3) is 0 Å². The number of hydrogen-bond acceptors (Lipinski definition) is 4. The Balaban J connectivity index is 3.17. The minimum Gasteiger partial charge on any atom is -0.399 e. The fourth-order valence-corrected chi connectivity index (χ4v) is 1.09. The highest BCUT2D eigenvalue weighted by Crippen LogP contribution is 2.18. The molecule has 0 fully saturated rings. The summed E-state index contributed by atoms with van der Waals surface area (Å²) >= 11 is 0. The molecular weight excluding hydrogens is 166 g/mol. The summed E-state index contributed by atoms with van der Waals surface area (Å²) in [6.45, 7) is -0.196. The van der Waals surface area contributed by atoms with Crippen molar-refractivity contribution in [3.63, 3.8) is 0 Å². The summed E-state index contributed by atoms with van der Waals surface area (Å²) in [5.41, 5.74) is 12.7. The minimum atomic E-state index is -0.543. The molecule has 0 aliphatic carbocycles. The van der Waals surface area contributed by atoms with E-state index in [9.17, 15) is 0 Å². The summed E-state index contributed by atoms with van der Waals surface area (Å²) in [4.78, 5) is 0. The lowest BCUT2D eigenvalue weighted by atomic mass is 10.0. The van der Waals surface area contributed by atoms with E-state index in [0.29, 0.717) is 16.8 Å². The molecule has 0 saturated carbocycles. The lowest BCUT2D eigenvalue weighted by molar-refractivity contribution is 0.268. The maximum absolute atomic E-state index is 8.82. The predicted octanol–water partition coefficient (Wildman–Crippen LogP) is 0.133. The average Bonchev–Trinajstić information content (AvgIpc) is 2.16. The van der Waals surface area contributed by atoms with Gasteiger partial charge in [0.1, 0.15) is 0 Å². The molecule has 1 aromatic rings. The molecule has 0 unspecified atom stereocenters. The normalized spacial score (nSPS) is 12.1. The predicted molar refractivity (Wildman–Crippen MR) is 49.6 cm³/mol. The molecule has 1 rings (SSSR count). The third-order valence-corrected chi connectivity index (χ3v) is 1.79. The van der Waals surface area contributed by atoms with Crippen LogP contribution in [0.1, 0.15) is 17.2 Å². The first kappa shape index (κ1) is 9.52. The van der Waals surface area contributed by atoms with E-state index in [1.807, 2.05) is 6.07 Å². The zero-order chi connectivity index (χ0) is 9.84. The molecule has 0 bridgehead atoms. The smallest absolute Gasteiger partial charge is 0.0995 e. The first-order chi connectivity index (χ1) is 6.19. The average molecular weight is 177 g/mol. The van der Waals surface area contributed by atoms with Gasteiger partial charge in [0.2, 0.25) is 0 Å². The van der Waals surface area contributed by atoms with Crippen molar-refractivity contribution in [2.45, 2.75) is 6.04 Å². The van der Waals surface area contributed by atoms with E-state index in [1.54, 1.807) is 18.2 Å². The van der Waals surface area contributed by atoms with Crippen molar-refractivity contribution < 1.29 is 5.11 Å². The second-order valence-corrected chi connectivity index (χ2v) is 2.75. The number of nitrogen functional groups attached to an aromatic ring is 1. The largest absolute Gasteiger partial charge is 0.399 e. The molecule has 13 heavy (non-hydrogen) atoms. The molecule has 4 nitrogen and oxygen atoms in total. The molecule has 0 aromatic heterocycles. The van der Waals surface area contributed by atoms with Gasteiger partial charge in [-0.1, -0.05) is 0 Å². The number of benzene rings is 1. The van der Waals surface area contributed by atoms with Gasteiger partial charge in [-0.25, -0.2) is 0 Å². The summed E-state index contributed by atoms with van der Waals surface area (Å²) in [7, 11) is 0. The van der Waals surface area contributed by atoms with E-state index in [4.69, 9.17) is 21.8 Å². The summed E-state index contributed by atoms with van der Waals surface area (Å²) in [5, 5.41) is 17.5. The van der Waals surface area contributed by atoms with Crippen LogP contribution in [-0.4, -0.2) is 11.7 Å². The Kier molecular flexibility index (Phi) is 2.85. The quantitative estimate of drug-likeness (QED) is 0.559. The Morgan fingerprint density at radius 1 is 1.54 bits per heavy atom. The number of anilines is 1. The minimum absolute atomic E-state index is 0.196. The van der Waals surface area contributed by atoms with Gasteiger partial charge in [0.25, 0.3) is 0 Å². The standard InChI is InChI=1S/C9H11N3O/c10-4-6-1-2-7(11)3-8(6)9(12)5-13/h1-3,9,13H,5,11-12H2/t9-/m0/s1. The van der Waals surface area contributed by atoms with Crippen LogP contribution in [0.5, 0.6) is 0 Å². The van der Waals surface area contributed by atoms with E-state index in [2.05, 4.69) is 0 Å². The molecule has 0 heterocycles. The van der Waals surface area contributed by atoms with Gasteiger partial charge in [0, 0.05) is 5.69 Å². The highest BCUT2D eigenvalue weighted by atomic mass is 16.3. The number of nitrogens with zero attached hydrogens (tertiary/aromatic N) is 1. The van der Waals surface area contributed by atoms with Crippen molar-refractivity contribution in [1.29, 1.82) is 5.26 Å². The Bertz CT molecular complexity index is 343. The van der Waals surface area contributed by atoms with Crippen molar-refractivity contribution in [3.8, 4) is 6.07 Å². The number of nitrogens with two attached hydrogens (primary N) is 2. The molecule has 0 spiro atoms. The molecule has 5 N–H and O–H groups in total. The monoisotopic (exact) mass is 177 g/mol. The lowest BCUT2D eigenvalue weighted by Gasteiger charge is -2.10. The van der Waals surface area contributed by atoms with Gasteiger partial charge in [-0.2, -0.15) is 5.26 Å². The van der Waals surface area contributed by atoms with E-state index >= 15 is 0 Å². The number of hydrogen-bond donors (Lipinski definition) is 3. The summed E-state index contributed by atoms with van der Waals surface area (Å²) < 4.78 is 0. The molecule has 0 amide bonds. The second-order valence-electron chi connectivity index (χ2n) is 2.75. The maximum atomic E-state index is 8.82. The van der Waals surface area contributed by atoms with Crippen molar-refractivity contribution in [2.24, 2.45) is 5.73 Å². The molecule has 0 aliphatic rings. The first-order valence-electron chi connectivity index (χ1n) is 3.85. The van der Waals surface area contributed by atoms with Gasteiger partial charge in [-0.3, -0.25) is 0 Å². The number of aliphatic hydroxyl groups is 1. The highest BCUT2D eigenvalue weighted by molar-refractivity contribution is 5.50. The van der Waals surface area contributed by atoms with Gasteiger partial charge in [0.05, 0.1) is 24.3 Å². The molecule has 1 atom stereocenters. The molecule has 0 saturated heterocycles. The zero-order valence-electron chi connectivity index (χ0n) is 7.07. The van der Waals surface area contributed by atoms with Crippen LogP contribution in [-0.2, 0) is 0 Å². The Hall–Kier alpha value is -1.57. The summed E-state index contributed by atoms with van der Waals surface area (Å²) in [5.74, 6) is 0. The first-order valence-corrected chi connectivity index (χ1v) is 3.85. The Labute approximate surface area is 76.4 Å². The van der Waals surface area contributed by atoms with Gasteiger partial charge in [-0.05, 0) is 23.8 Å². The van der Waals surface area contributed by atoms with Crippen LogP contribution < -0.4 is 11.5 Å². The van der Waals surface area contributed by atoms with Gasteiger partial charge in [0.15, 0.2) is 0 Å².